The molecular formula is C7H11FO2S. The van der Waals surface area contributed by atoms with Crippen molar-refractivity contribution in [1.82, 2.24) is 0 Å². The van der Waals surface area contributed by atoms with Crippen LogP contribution in [-0.2, 0) is 0 Å². The first-order valence-electron chi connectivity index (χ1n) is 2.62. The predicted molar refractivity (Wildman–Crippen MR) is 45.4 cm³/mol. The van der Waals surface area contributed by atoms with Crippen LogP contribution in [-0.4, -0.2) is 17.2 Å². The lowest BCUT2D eigenvalue weighted by Crippen LogP contribution is -1.71. The maximum Gasteiger partial charge on any atom is 0.123 e. The van der Waals surface area contributed by atoms with Crippen molar-refractivity contribution < 1.29 is 15.3 Å². The van der Waals surface area contributed by atoms with Gasteiger partial charge in [-0.15, -0.1) is 11.8 Å². The van der Waals surface area contributed by atoms with Crippen LogP contribution in [0.3, 0.4) is 0 Å². The second kappa shape index (κ2) is 6.15. The van der Waals surface area contributed by atoms with E-state index >= 15 is 0 Å². The summed E-state index contributed by atoms with van der Waals surface area (Å²) in [6.07, 6.45) is 1.97. The van der Waals surface area contributed by atoms with E-state index in [9.17, 15) is 4.39 Å². The maximum absolute atomic E-state index is 12.2. The zero-order chi connectivity index (χ0) is 6.69. The molecule has 0 aliphatic carbocycles. The van der Waals surface area contributed by atoms with E-state index in [4.69, 9.17) is 0 Å². The third kappa shape index (κ3) is 3.98. The van der Waals surface area contributed by atoms with Crippen molar-refractivity contribution in [3.8, 4) is 0 Å². The second-order valence-corrected chi connectivity index (χ2v) is 2.54. The minimum Gasteiger partial charge on any atom is -0.412 e. The van der Waals surface area contributed by atoms with Gasteiger partial charge in [-0.3, -0.25) is 0 Å². The molecule has 1 aromatic carbocycles. The van der Waals surface area contributed by atoms with Crippen molar-refractivity contribution in [2.24, 2.45) is 0 Å². The molecule has 64 valence electrons. The van der Waals surface area contributed by atoms with E-state index in [1.54, 1.807) is 23.9 Å². The third-order valence-corrected chi connectivity index (χ3v) is 1.79. The van der Waals surface area contributed by atoms with E-state index in [0.29, 0.717) is 0 Å². The van der Waals surface area contributed by atoms with Gasteiger partial charge in [-0.05, 0) is 30.5 Å². The van der Waals surface area contributed by atoms with Crippen molar-refractivity contribution in [2.45, 2.75) is 4.90 Å². The highest BCUT2D eigenvalue weighted by atomic mass is 32.2. The molecule has 4 N–H and O–H groups in total. The van der Waals surface area contributed by atoms with Crippen LogP contribution in [0, 0.1) is 5.82 Å². The molecule has 1 aromatic rings. The van der Waals surface area contributed by atoms with Crippen molar-refractivity contribution in [1.29, 1.82) is 0 Å². The molecule has 0 bridgehead atoms. The summed E-state index contributed by atoms with van der Waals surface area (Å²) in [5.41, 5.74) is 0. The number of thioether (sulfide) groups is 1. The highest BCUT2D eigenvalue weighted by molar-refractivity contribution is 7.98. The van der Waals surface area contributed by atoms with Crippen LogP contribution < -0.4 is 0 Å². The molecule has 0 unspecified atom stereocenters. The first-order valence-corrected chi connectivity index (χ1v) is 3.85. The standard InChI is InChI=1S/C7H7FS.2H2O/c1-9-7-4-2-6(8)3-5-7;;/h2-5H,1H3;2*1H2. The lowest BCUT2D eigenvalue weighted by Gasteiger charge is -1.91. The Bertz CT molecular complexity index is 188. The summed E-state index contributed by atoms with van der Waals surface area (Å²) in [5, 5.41) is 0. The molecule has 0 aromatic heterocycles. The molecular weight excluding hydrogens is 167 g/mol. The summed E-state index contributed by atoms with van der Waals surface area (Å²) in [7, 11) is 0. The zero-order valence-corrected chi connectivity index (χ0v) is 6.91. The van der Waals surface area contributed by atoms with Gasteiger partial charge in [0, 0.05) is 4.90 Å². The monoisotopic (exact) mass is 178 g/mol. The predicted octanol–water partition coefficient (Wildman–Crippen LogP) is 0.898. The van der Waals surface area contributed by atoms with Crippen LogP contribution in [0.25, 0.3) is 0 Å². The molecule has 0 aliphatic heterocycles. The largest absolute Gasteiger partial charge is 0.412 e. The zero-order valence-electron chi connectivity index (χ0n) is 6.10. The molecule has 4 heteroatoms. The lowest BCUT2D eigenvalue weighted by molar-refractivity contribution is 0.626. The summed E-state index contributed by atoms with van der Waals surface area (Å²) >= 11 is 1.61. The summed E-state index contributed by atoms with van der Waals surface area (Å²) < 4.78 is 12.2. The summed E-state index contributed by atoms with van der Waals surface area (Å²) in [5.74, 6) is -0.173. The first kappa shape index (κ1) is 13.0. The molecule has 0 aliphatic rings. The Morgan fingerprint density at radius 3 is 1.91 bits per heavy atom. The molecule has 0 heterocycles. The van der Waals surface area contributed by atoms with Gasteiger partial charge < -0.3 is 11.0 Å². The molecule has 0 fully saturated rings. The fourth-order valence-corrected chi connectivity index (χ4v) is 0.979. The molecule has 0 saturated heterocycles. The molecule has 1 rings (SSSR count). The van der Waals surface area contributed by atoms with Crippen LogP contribution in [0.15, 0.2) is 29.2 Å². The van der Waals surface area contributed by atoms with Gasteiger partial charge in [-0.1, -0.05) is 0 Å². The van der Waals surface area contributed by atoms with Crippen LogP contribution in [0.1, 0.15) is 0 Å². The number of halogens is 1. The van der Waals surface area contributed by atoms with Gasteiger partial charge in [0.15, 0.2) is 0 Å². The average Bonchev–Trinajstić information content (AvgIpc) is 1.90. The average molecular weight is 178 g/mol. The molecule has 2 nitrogen and oxygen atoms in total. The Labute approximate surface area is 69.0 Å². The van der Waals surface area contributed by atoms with Gasteiger partial charge in [0.1, 0.15) is 5.82 Å². The Balaban J connectivity index is 0. The van der Waals surface area contributed by atoms with E-state index < -0.39 is 0 Å². The number of benzene rings is 1. The second-order valence-electron chi connectivity index (χ2n) is 1.66. The number of rotatable bonds is 1. The van der Waals surface area contributed by atoms with Gasteiger partial charge in [0.25, 0.3) is 0 Å². The van der Waals surface area contributed by atoms with E-state index in [1.807, 2.05) is 6.26 Å². The van der Waals surface area contributed by atoms with E-state index in [0.717, 1.165) is 4.90 Å². The molecule has 0 amide bonds. The molecule has 0 saturated carbocycles. The van der Waals surface area contributed by atoms with Gasteiger partial charge in [0.05, 0.1) is 0 Å². The smallest absolute Gasteiger partial charge is 0.123 e. The Hall–Kier alpha value is -0.580. The molecule has 0 atom stereocenters. The lowest BCUT2D eigenvalue weighted by atomic mass is 10.4. The fraction of sp³-hybridized carbons (Fsp3) is 0.143. The van der Waals surface area contributed by atoms with Crippen molar-refractivity contribution in [3.05, 3.63) is 30.1 Å². The van der Waals surface area contributed by atoms with Gasteiger partial charge >= 0.3 is 0 Å². The van der Waals surface area contributed by atoms with Gasteiger partial charge in [0.2, 0.25) is 0 Å². The quantitative estimate of drug-likeness (QED) is 0.589. The van der Waals surface area contributed by atoms with Crippen LogP contribution >= 0.6 is 11.8 Å². The maximum atomic E-state index is 12.2. The van der Waals surface area contributed by atoms with Crippen molar-refractivity contribution >= 4 is 11.8 Å². The van der Waals surface area contributed by atoms with Crippen molar-refractivity contribution in [3.63, 3.8) is 0 Å². The normalized spacial score (nSPS) is 7.82. The van der Waals surface area contributed by atoms with Gasteiger partial charge in [-0.25, -0.2) is 4.39 Å². The van der Waals surface area contributed by atoms with Crippen LogP contribution in [0.5, 0.6) is 0 Å². The minimum atomic E-state index is -0.173. The van der Waals surface area contributed by atoms with E-state index in [2.05, 4.69) is 0 Å². The highest BCUT2D eigenvalue weighted by Gasteiger charge is 1.88. The van der Waals surface area contributed by atoms with E-state index in [-0.39, 0.29) is 16.8 Å². The molecule has 0 spiro atoms. The third-order valence-electron chi connectivity index (χ3n) is 1.05. The Morgan fingerprint density at radius 1 is 1.09 bits per heavy atom. The topological polar surface area (TPSA) is 63.0 Å². The van der Waals surface area contributed by atoms with Crippen LogP contribution in [0.2, 0.25) is 0 Å². The Morgan fingerprint density at radius 2 is 1.55 bits per heavy atom. The minimum absolute atomic E-state index is 0. The summed E-state index contributed by atoms with van der Waals surface area (Å²) in [4.78, 5) is 1.09. The number of hydrogen-bond donors (Lipinski definition) is 0. The van der Waals surface area contributed by atoms with Gasteiger partial charge in [-0.2, -0.15) is 0 Å². The SMILES string of the molecule is CSc1ccc(F)cc1.O.O. The van der Waals surface area contributed by atoms with Crippen molar-refractivity contribution in [2.75, 3.05) is 6.26 Å². The fourth-order valence-electron chi connectivity index (χ4n) is 0.571. The summed E-state index contributed by atoms with van der Waals surface area (Å²) in [6.45, 7) is 0. The number of hydrogen-bond acceptors (Lipinski definition) is 1. The summed E-state index contributed by atoms with van der Waals surface area (Å²) in [6, 6.07) is 6.46. The highest BCUT2D eigenvalue weighted by Crippen LogP contribution is 2.13. The van der Waals surface area contributed by atoms with Crippen LogP contribution in [0.4, 0.5) is 4.39 Å². The first-order chi connectivity index (χ1) is 4.33. The molecule has 0 radical (unpaired) electrons. The van der Waals surface area contributed by atoms with E-state index in [1.165, 1.54) is 12.1 Å². The Kier molecular flexibility index (Phi) is 7.29. The molecule has 11 heavy (non-hydrogen) atoms.